The number of halogens is 6. The first kappa shape index (κ1) is 21.0. The number of alkyl halides is 6. The van der Waals surface area contributed by atoms with E-state index in [1.54, 1.807) is 0 Å². The molecular weight excluding hydrogens is 384 g/mol. The summed E-state index contributed by atoms with van der Waals surface area (Å²) in [5, 5.41) is 8.93. The van der Waals surface area contributed by atoms with Crippen LogP contribution in [0.1, 0.15) is 34.3 Å². The predicted octanol–water partition coefficient (Wildman–Crippen LogP) is 3.43. The Morgan fingerprint density at radius 3 is 2.04 bits per heavy atom. The molecule has 1 amide bonds. The summed E-state index contributed by atoms with van der Waals surface area (Å²) in [4.78, 5) is 24.5. The number of nitrogens with zero attached hydrogens (tertiary/aromatic N) is 1. The molecule has 2 rings (SSSR count). The van der Waals surface area contributed by atoms with Gasteiger partial charge in [0.2, 0.25) is 0 Å². The minimum Gasteiger partial charge on any atom is -0.481 e. The van der Waals surface area contributed by atoms with Gasteiger partial charge in [-0.15, -0.1) is 0 Å². The number of carbonyl (C=O) groups excluding carboxylic acids is 1. The molecule has 1 aromatic carbocycles. The first-order valence-corrected chi connectivity index (χ1v) is 7.68. The van der Waals surface area contributed by atoms with Crippen LogP contribution in [0, 0.1) is 0 Å². The average Bonchev–Trinajstić information content (AvgIpc) is 2.94. The van der Waals surface area contributed by atoms with E-state index >= 15 is 0 Å². The number of ether oxygens (including phenoxy) is 1. The number of aliphatic carboxylic acids is 1. The highest BCUT2D eigenvalue weighted by atomic mass is 19.4. The van der Waals surface area contributed by atoms with Gasteiger partial charge in [-0.2, -0.15) is 26.3 Å². The highest BCUT2D eigenvalue weighted by molar-refractivity contribution is 5.95. The van der Waals surface area contributed by atoms with Crippen molar-refractivity contribution in [3.05, 3.63) is 34.9 Å². The maximum absolute atomic E-state index is 13.0. The van der Waals surface area contributed by atoms with Gasteiger partial charge in [0, 0.05) is 25.3 Å². The molecule has 1 aliphatic rings. The van der Waals surface area contributed by atoms with Crippen LogP contribution in [-0.2, 0) is 21.9 Å². The van der Waals surface area contributed by atoms with Gasteiger partial charge >= 0.3 is 18.3 Å². The number of carboxylic acids is 1. The molecule has 1 aromatic rings. The van der Waals surface area contributed by atoms with Crippen molar-refractivity contribution in [3.63, 3.8) is 0 Å². The monoisotopic (exact) mass is 399 g/mol. The molecule has 1 aliphatic heterocycles. The Kier molecular flexibility index (Phi) is 5.74. The van der Waals surface area contributed by atoms with Gasteiger partial charge in [0.25, 0.3) is 5.91 Å². The van der Waals surface area contributed by atoms with E-state index in [1.165, 1.54) is 7.11 Å². The van der Waals surface area contributed by atoms with Gasteiger partial charge in [0.1, 0.15) is 0 Å². The predicted molar refractivity (Wildman–Crippen MR) is 78.9 cm³/mol. The number of carbonyl (C=O) groups is 2. The van der Waals surface area contributed by atoms with Crippen LogP contribution in [0.25, 0.3) is 0 Å². The van der Waals surface area contributed by atoms with E-state index < -0.39 is 59.5 Å². The number of amides is 1. The van der Waals surface area contributed by atoms with Gasteiger partial charge in [-0.3, -0.25) is 9.59 Å². The quantitative estimate of drug-likeness (QED) is 0.788. The molecule has 1 fully saturated rings. The lowest BCUT2D eigenvalue weighted by Crippen LogP contribution is -2.37. The van der Waals surface area contributed by atoms with E-state index in [9.17, 15) is 35.9 Å². The second-order valence-corrected chi connectivity index (χ2v) is 6.10. The molecule has 1 heterocycles. The van der Waals surface area contributed by atoms with Crippen LogP contribution in [0.3, 0.4) is 0 Å². The summed E-state index contributed by atoms with van der Waals surface area (Å²) < 4.78 is 82.8. The van der Waals surface area contributed by atoms with Crippen molar-refractivity contribution < 1.29 is 45.8 Å². The van der Waals surface area contributed by atoms with Crippen LogP contribution in [0.15, 0.2) is 18.2 Å². The van der Waals surface area contributed by atoms with Crippen molar-refractivity contribution in [2.45, 2.75) is 37.3 Å². The number of rotatable bonds is 4. The maximum Gasteiger partial charge on any atom is 0.416 e. The van der Waals surface area contributed by atoms with Crippen LogP contribution in [0.4, 0.5) is 26.3 Å². The molecule has 0 bridgehead atoms. The molecular formula is C16H15F6NO4. The summed E-state index contributed by atoms with van der Waals surface area (Å²) in [5.74, 6) is -2.37. The maximum atomic E-state index is 13.0. The third-order valence-corrected chi connectivity index (χ3v) is 4.22. The van der Waals surface area contributed by atoms with Crippen molar-refractivity contribution in [2.75, 3.05) is 13.7 Å². The minimum atomic E-state index is -5.09. The molecule has 1 N–H and O–H groups in total. The largest absolute Gasteiger partial charge is 0.481 e. The fraction of sp³-hybridized carbons (Fsp3) is 0.500. The number of methoxy groups -OCH3 is 1. The molecule has 0 radical (unpaired) electrons. The van der Waals surface area contributed by atoms with Crippen molar-refractivity contribution in [1.82, 2.24) is 4.90 Å². The SMILES string of the molecule is COC1CC(CC(=O)O)N(C(=O)c2cc(C(F)(F)F)cc(C(F)(F)F)c2)C1. The first-order chi connectivity index (χ1) is 12.3. The standard InChI is InChI=1S/C16H15F6NO4/c1-27-12-5-11(6-13(24)25)23(7-12)14(26)8-2-9(15(17,18)19)4-10(3-8)16(20,21)22/h2-4,11-12H,5-7H2,1H3,(H,24,25). The van der Waals surface area contributed by atoms with Gasteiger partial charge in [-0.1, -0.05) is 0 Å². The Balaban J connectivity index is 2.45. The number of benzene rings is 1. The van der Waals surface area contributed by atoms with Crippen molar-refractivity contribution in [3.8, 4) is 0 Å². The molecule has 11 heteroatoms. The van der Waals surface area contributed by atoms with E-state index in [2.05, 4.69) is 0 Å². The minimum absolute atomic E-state index is 0.0759. The summed E-state index contributed by atoms with van der Waals surface area (Å²) in [7, 11) is 1.31. The summed E-state index contributed by atoms with van der Waals surface area (Å²) in [5.41, 5.74) is -4.04. The van der Waals surface area contributed by atoms with E-state index in [0.717, 1.165) is 4.90 Å². The number of carboxylic acid groups (broad SMARTS) is 1. The molecule has 150 valence electrons. The van der Waals surface area contributed by atoms with Crippen LogP contribution >= 0.6 is 0 Å². The lowest BCUT2D eigenvalue weighted by Gasteiger charge is -2.24. The topological polar surface area (TPSA) is 66.8 Å². The van der Waals surface area contributed by atoms with Crippen molar-refractivity contribution >= 4 is 11.9 Å². The second kappa shape index (κ2) is 7.37. The smallest absolute Gasteiger partial charge is 0.416 e. The van der Waals surface area contributed by atoms with Gasteiger partial charge in [-0.25, -0.2) is 0 Å². The third-order valence-electron chi connectivity index (χ3n) is 4.22. The second-order valence-electron chi connectivity index (χ2n) is 6.10. The van der Waals surface area contributed by atoms with E-state index in [-0.39, 0.29) is 19.0 Å². The zero-order chi connectivity index (χ0) is 20.6. The molecule has 2 atom stereocenters. The number of hydrogen-bond acceptors (Lipinski definition) is 3. The average molecular weight is 399 g/mol. The third kappa shape index (κ3) is 4.90. The fourth-order valence-corrected chi connectivity index (χ4v) is 2.93. The molecule has 0 aliphatic carbocycles. The summed E-state index contributed by atoms with van der Waals surface area (Å²) in [6.45, 7) is -0.134. The lowest BCUT2D eigenvalue weighted by molar-refractivity contribution is -0.143. The fourth-order valence-electron chi connectivity index (χ4n) is 2.93. The van der Waals surface area contributed by atoms with Crippen LogP contribution in [0.2, 0.25) is 0 Å². The van der Waals surface area contributed by atoms with Crippen LogP contribution in [0.5, 0.6) is 0 Å². The van der Waals surface area contributed by atoms with E-state index in [4.69, 9.17) is 9.84 Å². The number of likely N-dealkylation sites (tertiary alicyclic amines) is 1. The molecule has 1 saturated heterocycles. The van der Waals surface area contributed by atoms with Crippen LogP contribution < -0.4 is 0 Å². The van der Waals surface area contributed by atoms with E-state index in [0.29, 0.717) is 12.1 Å². The van der Waals surface area contributed by atoms with Gasteiger partial charge in [0.15, 0.2) is 0 Å². The normalized spacial score (nSPS) is 20.8. The molecule has 27 heavy (non-hydrogen) atoms. The Morgan fingerprint density at radius 2 is 1.63 bits per heavy atom. The van der Waals surface area contributed by atoms with Crippen molar-refractivity contribution in [1.29, 1.82) is 0 Å². The first-order valence-electron chi connectivity index (χ1n) is 7.68. The Morgan fingerprint density at radius 1 is 1.11 bits per heavy atom. The highest BCUT2D eigenvalue weighted by Crippen LogP contribution is 2.37. The molecule has 0 aromatic heterocycles. The summed E-state index contributed by atoms with van der Waals surface area (Å²) in [6, 6.07) is -0.317. The van der Waals surface area contributed by atoms with Crippen molar-refractivity contribution in [2.24, 2.45) is 0 Å². The Labute approximate surface area is 149 Å². The highest BCUT2D eigenvalue weighted by Gasteiger charge is 2.40. The number of hydrogen-bond donors (Lipinski definition) is 1. The molecule has 2 unspecified atom stereocenters. The van der Waals surface area contributed by atoms with E-state index in [1.807, 2.05) is 0 Å². The molecule has 0 saturated carbocycles. The lowest BCUT2D eigenvalue weighted by atomic mass is 10.0. The van der Waals surface area contributed by atoms with Crippen LogP contribution in [-0.4, -0.2) is 47.7 Å². The Bertz CT molecular complexity index is 698. The summed E-state index contributed by atoms with van der Waals surface area (Å²) >= 11 is 0. The van der Waals surface area contributed by atoms with Gasteiger partial charge in [-0.05, 0) is 24.6 Å². The zero-order valence-corrected chi connectivity index (χ0v) is 13.9. The van der Waals surface area contributed by atoms with Gasteiger partial charge in [0.05, 0.1) is 23.7 Å². The molecule has 5 nitrogen and oxygen atoms in total. The summed E-state index contributed by atoms with van der Waals surface area (Å²) in [6.07, 6.45) is -11.1. The zero-order valence-electron chi connectivity index (χ0n) is 13.9. The van der Waals surface area contributed by atoms with Gasteiger partial charge < -0.3 is 14.7 Å². The Hall–Kier alpha value is -2.30. The molecule has 0 spiro atoms.